The molecule has 2 heterocycles. The Morgan fingerprint density at radius 2 is 1.90 bits per heavy atom. The molecule has 0 fully saturated rings. The van der Waals surface area contributed by atoms with E-state index in [0.717, 1.165) is 24.2 Å². The molecule has 0 aliphatic heterocycles. The standard InChI is InChI=1S/C23H26N6O2/c1-3-28(4-2)13-12-19(30)25-15-10-11-17-18(14-15)26-23(31)20-21(17)27-29(22(20)24)16-8-6-5-7-9-16/h5-11,14H,3-4,12-13,24H2,1-2H3,(H,25,30)(H,26,31). The third kappa shape index (κ3) is 4.02. The third-order valence-corrected chi connectivity index (χ3v) is 5.51. The van der Waals surface area contributed by atoms with E-state index in [1.165, 1.54) is 0 Å². The van der Waals surface area contributed by atoms with Crippen molar-refractivity contribution in [3.05, 3.63) is 58.9 Å². The topological polar surface area (TPSA) is 109 Å². The first kappa shape index (κ1) is 20.6. The number of hydrogen-bond acceptors (Lipinski definition) is 5. The van der Waals surface area contributed by atoms with Gasteiger partial charge in [-0.15, -0.1) is 0 Å². The highest BCUT2D eigenvalue weighted by Crippen LogP contribution is 2.28. The fourth-order valence-electron chi connectivity index (χ4n) is 3.75. The fourth-order valence-corrected chi connectivity index (χ4v) is 3.75. The smallest absolute Gasteiger partial charge is 0.261 e. The van der Waals surface area contributed by atoms with Crippen LogP contribution in [-0.2, 0) is 4.79 Å². The fraction of sp³-hybridized carbons (Fsp3) is 0.261. The molecule has 160 valence electrons. The molecule has 0 spiro atoms. The second-order valence-corrected chi connectivity index (χ2v) is 7.40. The minimum atomic E-state index is -0.313. The van der Waals surface area contributed by atoms with Crippen LogP contribution in [0.25, 0.3) is 27.5 Å². The molecule has 0 atom stereocenters. The van der Waals surface area contributed by atoms with Crippen LogP contribution in [-0.4, -0.2) is 45.2 Å². The number of amides is 1. The Labute approximate surface area is 179 Å². The predicted octanol–water partition coefficient (Wildman–Crippen LogP) is 3.12. The van der Waals surface area contributed by atoms with Crippen LogP contribution >= 0.6 is 0 Å². The van der Waals surface area contributed by atoms with E-state index in [2.05, 4.69) is 34.1 Å². The summed E-state index contributed by atoms with van der Waals surface area (Å²) in [6.45, 7) is 6.69. The molecule has 2 aromatic heterocycles. The lowest BCUT2D eigenvalue weighted by molar-refractivity contribution is -0.116. The highest BCUT2D eigenvalue weighted by molar-refractivity contribution is 6.08. The largest absolute Gasteiger partial charge is 0.383 e. The minimum absolute atomic E-state index is 0.0627. The first-order chi connectivity index (χ1) is 15.0. The molecule has 4 N–H and O–H groups in total. The molecule has 0 saturated carbocycles. The molecule has 0 saturated heterocycles. The number of para-hydroxylation sites is 1. The molecular weight excluding hydrogens is 392 g/mol. The van der Waals surface area contributed by atoms with Gasteiger partial charge in [0.25, 0.3) is 5.56 Å². The van der Waals surface area contributed by atoms with E-state index in [1.807, 2.05) is 42.5 Å². The molecule has 4 aromatic rings. The second-order valence-electron chi connectivity index (χ2n) is 7.40. The maximum Gasteiger partial charge on any atom is 0.261 e. The SMILES string of the molecule is CCN(CC)CCC(=O)Nc1ccc2c(c1)[nH]c(=O)c1c(N)n(-c3ccccc3)nc12. The van der Waals surface area contributed by atoms with Crippen LogP contribution in [0.3, 0.4) is 0 Å². The number of nitrogens with zero attached hydrogens (tertiary/aromatic N) is 3. The summed E-state index contributed by atoms with van der Waals surface area (Å²) in [5, 5.41) is 8.63. The number of nitrogens with one attached hydrogen (secondary N) is 2. The summed E-state index contributed by atoms with van der Waals surface area (Å²) in [6.07, 6.45) is 0.410. The Morgan fingerprint density at radius 1 is 1.16 bits per heavy atom. The van der Waals surface area contributed by atoms with E-state index in [1.54, 1.807) is 10.7 Å². The van der Waals surface area contributed by atoms with Crippen LogP contribution in [0.15, 0.2) is 53.3 Å². The molecule has 8 nitrogen and oxygen atoms in total. The van der Waals surface area contributed by atoms with Gasteiger partial charge in [-0.2, -0.15) is 5.10 Å². The summed E-state index contributed by atoms with van der Waals surface area (Å²) in [7, 11) is 0. The van der Waals surface area contributed by atoms with Crippen LogP contribution in [0.5, 0.6) is 0 Å². The minimum Gasteiger partial charge on any atom is -0.383 e. The normalized spacial score (nSPS) is 11.5. The molecule has 0 radical (unpaired) electrons. The number of anilines is 2. The molecule has 2 aromatic carbocycles. The summed E-state index contributed by atoms with van der Waals surface area (Å²) in [5.41, 5.74) is 8.47. The first-order valence-corrected chi connectivity index (χ1v) is 10.4. The summed E-state index contributed by atoms with van der Waals surface area (Å²) >= 11 is 0. The lowest BCUT2D eigenvalue weighted by Crippen LogP contribution is -2.27. The molecule has 4 rings (SSSR count). The highest BCUT2D eigenvalue weighted by atomic mass is 16.1. The van der Waals surface area contributed by atoms with Crippen LogP contribution in [0.1, 0.15) is 20.3 Å². The first-order valence-electron chi connectivity index (χ1n) is 10.4. The van der Waals surface area contributed by atoms with Gasteiger partial charge in [-0.1, -0.05) is 32.0 Å². The number of nitrogens with two attached hydrogens (primary N) is 1. The van der Waals surface area contributed by atoms with Gasteiger partial charge in [0, 0.05) is 24.0 Å². The summed E-state index contributed by atoms with van der Waals surface area (Å²) < 4.78 is 1.57. The number of rotatable bonds is 7. The zero-order valence-corrected chi connectivity index (χ0v) is 17.7. The molecule has 0 bridgehead atoms. The van der Waals surface area contributed by atoms with E-state index in [9.17, 15) is 9.59 Å². The van der Waals surface area contributed by atoms with Gasteiger partial charge in [-0.25, -0.2) is 4.68 Å². The van der Waals surface area contributed by atoms with Crippen LogP contribution in [0.4, 0.5) is 11.5 Å². The number of aromatic amines is 1. The Bertz CT molecular complexity index is 1290. The lowest BCUT2D eigenvalue weighted by Gasteiger charge is -2.17. The Morgan fingerprint density at radius 3 is 2.61 bits per heavy atom. The molecule has 0 unspecified atom stereocenters. The molecule has 31 heavy (non-hydrogen) atoms. The number of H-pyrrole nitrogens is 1. The third-order valence-electron chi connectivity index (χ3n) is 5.51. The van der Waals surface area contributed by atoms with Gasteiger partial charge < -0.3 is 20.9 Å². The van der Waals surface area contributed by atoms with Crippen molar-refractivity contribution in [1.82, 2.24) is 19.7 Å². The number of aromatic nitrogens is 3. The van der Waals surface area contributed by atoms with Gasteiger partial charge in [0.15, 0.2) is 0 Å². The number of benzene rings is 2. The number of pyridine rings is 1. The quantitative estimate of drug-likeness (QED) is 0.427. The number of nitrogen functional groups attached to an aromatic ring is 1. The monoisotopic (exact) mass is 418 g/mol. The van der Waals surface area contributed by atoms with E-state index in [-0.39, 0.29) is 17.3 Å². The van der Waals surface area contributed by atoms with Gasteiger partial charge in [-0.05, 0) is 43.4 Å². The molecule has 8 heteroatoms. The van der Waals surface area contributed by atoms with Crippen molar-refractivity contribution in [3.63, 3.8) is 0 Å². The number of hydrogen-bond donors (Lipinski definition) is 3. The van der Waals surface area contributed by atoms with Gasteiger partial charge in [0.1, 0.15) is 16.7 Å². The average molecular weight is 419 g/mol. The lowest BCUT2D eigenvalue weighted by atomic mass is 10.1. The van der Waals surface area contributed by atoms with Crippen molar-refractivity contribution in [1.29, 1.82) is 0 Å². The van der Waals surface area contributed by atoms with Crippen LogP contribution in [0, 0.1) is 0 Å². The maximum absolute atomic E-state index is 12.8. The van der Waals surface area contributed by atoms with E-state index in [0.29, 0.717) is 35.1 Å². The zero-order chi connectivity index (χ0) is 22.0. The highest BCUT2D eigenvalue weighted by Gasteiger charge is 2.17. The van der Waals surface area contributed by atoms with Crippen LogP contribution in [0.2, 0.25) is 0 Å². The maximum atomic E-state index is 12.8. The van der Waals surface area contributed by atoms with Crippen molar-refractivity contribution in [3.8, 4) is 5.69 Å². The van der Waals surface area contributed by atoms with E-state index < -0.39 is 0 Å². The van der Waals surface area contributed by atoms with Crippen molar-refractivity contribution in [2.75, 3.05) is 30.7 Å². The molecular formula is C23H26N6O2. The van der Waals surface area contributed by atoms with Crippen LogP contribution < -0.4 is 16.6 Å². The Kier molecular flexibility index (Phi) is 5.73. The van der Waals surface area contributed by atoms with Gasteiger partial charge >= 0.3 is 0 Å². The Hall–Kier alpha value is -3.65. The number of carbonyl (C=O) groups excluding carboxylic acids is 1. The van der Waals surface area contributed by atoms with Gasteiger partial charge in [0.05, 0.1) is 11.2 Å². The molecule has 0 aliphatic carbocycles. The number of carbonyl (C=O) groups is 1. The van der Waals surface area contributed by atoms with Crippen molar-refractivity contribution in [2.45, 2.75) is 20.3 Å². The Balaban J connectivity index is 1.67. The average Bonchev–Trinajstić information content (AvgIpc) is 3.13. The van der Waals surface area contributed by atoms with E-state index >= 15 is 0 Å². The summed E-state index contributed by atoms with van der Waals surface area (Å²) in [4.78, 5) is 30.1. The van der Waals surface area contributed by atoms with Gasteiger partial charge in [0.2, 0.25) is 5.91 Å². The predicted molar refractivity (Wildman–Crippen MR) is 125 cm³/mol. The zero-order valence-electron chi connectivity index (χ0n) is 17.7. The molecule has 0 aliphatic rings. The van der Waals surface area contributed by atoms with Crippen molar-refractivity contribution >= 4 is 39.2 Å². The second kappa shape index (κ2) is 8.61. The summed E-state index contributed by atoms with van der Waals surface area (Å²) in [5.74, 6) is 0.227. The summed E-state index contributed by atoms with van der Waals surface area (Å²) in [6, 6.07) is 14.8. The molecule has 1 amide bonds. The van der Waals surface area contributed by atoms with Crippen molar-refractivity contribution < 1.29 is 4.79 Å². The van der Waals surface area contributed by atoms with E-state index in [4.69, 9.17) is 5.73 Å². The van der Waals surface area contributed by atoms with Crippen molar-refractivity contribution in [2.24, 2.45) is 0 Å². The number of fused-ring (bicyclic) bond motifs is 3. The van der Waals surface area contributed by atoms with Gasteiger partial charge in [-0.3, -0.25) is 9.59 Å².